The second kappa shape index (κ2) is 33.8. The number of phenols is 1. The Labute approximate surface area is 620 Å². The molecule has 7 amide bonds. The fourth-order valence-electron chi connectivity index (χ4n) is 15.1. The van der Waals surface area contributed by atoms with E-state index in [1.54, 1.807) is 69.3 Å². The molecule has 2 saturated heterocycles. The van der Waals surface area contributed by atoms with Crippen molar-refractivity contribution in [3.63, 3.8) is 0 Å². The number of aliphatic hydroxyl groups is 1. The number of aliphatic hydroxyl groups excluding tert-OH is 1. The number of ketones is 1. The number of anilines is 3. The van der Waals surface area contributed by atoms with Gasteiger partial charge < -0.3 is 79.9 Å². The fourth-order valence-corrected chi connectivity index (χ4v) is 15.1. The largest absolute Gasteiger partial charge is 0.507 e. The molecule has 6 aliphatic heterocycles. The summed E-state index contributed by atoms with van der Waals surface area (Å²) in [6, 6.07) is 8.57. The predicted molar refractivity (Wildman–Crippen MR) is 401 cm³/mol. The number of nitrogens with two attached hydrogens (primary N) is 1. The highest BCUT2D eigenvalue weighted by Crippen LogP contribution is 2.45. The van der Waals surface area contributed by atoms with Crippen molar-refractivity contribution in [1.82, 2.24) is 25.4 Å². The second-order valence-electron chi connectivity index (χ2n) is 29.4. The number of Topliss-reactive ketones (excluding diaryl/α,β-unsaturated/α-hetero) is 1. The number of hydrogen-bond acceptors (Lipinski definition) is 22. The van der Waals surface area contributed by atoms with E-state index in [0.29, 0.717) is 55.3 Å². The van der Waals surface area contributed by atoms with Crippen LogP contribution >= 0.6 is 0 Å². The summed E-state index contributed by atoms with van der Waals surface area (Å²) in [6.45, 7) is 18.6. The van der Waals surface area contributed by atoms with E-state index in [1.807, 2.05) is 47.9 Å². The number of urea groups is 1. The number of carbonyl (C=O) groups excluding carboxylic acids is 8. The van der Waals surface area contributed by atoms with Crippen LogP contribution in [0.4, 0.5) is 21.9 Å². The maximum atomic E-state index is 15.3. The molecule has 7 bridgehead atoms. The van der Waals surface area contributed by atoms with Gasteiger partial charge >= 0.3 is 17.8 Å². The standard InChI is InChI=1S/C79H99N9O19/c1-40(2)63(83-57(92)22-15-14-16-33-88-58(93)27-28-59(88)94)53(90)37-49(21-18-32-81-78(80)100)76(99)82-50-25-23-48(24-26-50)77-105-69-41(3)19-17-20-42(4)75(98)85-66-68(96)61-60(65-73(66)104-56-39-52(38-54(91)64(56)84-65)87-34-29-51(30-35-87)86(11)12)62-72(44(6)67(61)95)107-79(10,74(62)97)102-36-31-55(101-13)43(5)70(103-47(9)89)46(8)71(106-77)45(69)7/h17,19-20,23-28,31,36,38-41,43,45-46,49,51,55,63,69-71,77,95,97H,14-16,18,21-22,29-30,32-35,37H2,1-13H3,(H,82,99)(H,83,92)(H,85,98)(H3,80,81,100)/b19-17+,36-31+,42-20-/t41-,43+,45+,46-,49+,55-,63-,69-,70+,71+,77?,79-/m0/s1. The van der Waals surface area contributed by atoms with Crippen molar-refractivity contribution in [2.45, 2.75) is 176 Å². The molecule has 8 N–H and O–H groups in total. The average molecular weight is 1480 g/mol. The third-order valence-electron chi connectivity index (χ3n) is 21.3. The quantitative estimate of drug-likeness (QED) is 0.0112. The minimum absolute atomic E-state index is 0.0107. The molecule has 28 nitrogen and oxygen atoms in total. The van der Waals surface area contributed by atoms with Gasteiger partial charge in [0, 0.05) is 153 Å². The number of aromatic hydroxyl groups is 1. The van der Waals surface area contributed by atoms with E-state index < -0.39 is 124 Å². The zero-order chi connectivity index (χ0) is 77.6. The van der Waals surface area contributed by atoms with E-state index in [1.165, 1.54) is 52.4 Å². The molecule has 12 atom stereocenters. The normalized spacial score (nSPS) is 25.3. The van der Waals surface area contributed by atoms with E-state index >= 15 is 4.79 Å². The molecule has 0 spiro atoms. The van der Waals surface area contributed by atoms with Crippen molar-refractivity contribution < 1.29 is 81.4 Å². The SMILES string of the molecule is CO[C@H]1/C=C/O[C@@]2(C)Oc3c(C)c(O)c4c(=O)c(c5oc6cc(N7CCC(N(C)C)CC7)cc(=O)c6nc5c4c3=C2O)NC(=O)/C(C)=C\C=C\[C@H](C)[C@@H]2OC(c3ccc(NC(=O)[C@H](CCCNC(N)=O)CC(=O)[C@@H](NC(=O)CCCCCN4C(=O)C=CC4=O)C(C)C)cc3)O[C@@H]([C@@H](C)[C@H](OC(C)=O)[C@@H]1C)[C@@H]2C. The summed E-state index contributed by atoms with van der Waals surface area (Å²) < 4.78 is 45.6. The molecule has 1 aromatic heterocycles. The maximum Gasteiger partial charge on any atom is 0.312 e. The van der Waals surface area contributed by atoms with Crippen molar-refractivity contribution in [2.24, 2.45) is 41.2 Å². The zero-order valence-corrected chi connectivity index (χ0v) is 62.9. The molecule has 107 heavy (non-hydrogen) atoms. The number of unbranched alkanes of at least 4 members (excludes halogenated alkanes) is 2. The van der Waals surface area contributed by atoms with Crippen LogP contribution in [-0.2, 0) is 57.2 Å². The average Bonchev–Trinajstić information content (AvgIpc) is 1.64. The van der Waals surface area contributed by atoms with Gasteiger partial charge in [-0.15, -0.1) is 0 Å². The van der Waals surface area contributed by atoms with Gasteiger partial charge in [-0.1, -0.05) is 78.3 Å². The van der Waals surface area contributed by atoms with Gasteiger partial charge in [0.2, 0.25) is 22.7 Å². The van der Waals surface area contributed by atoms with Crippen LogP contribution in [0.5, 0.6) is 11.5 Å². The summed E-state index contributed by atoms with van der Waals surface area (Å²) >= 11 is 0. The lowest BCUT2D eigenvalue weighted by Crippen LogP contribution is -2.51. The molecule has 0 saturated carbocycles. The molecule has 7 heterocycles. The third kappa shape index (κ3) is 17.5. The fraction of sp³-hybridized carbons (Fsp3) is 0.506. The number of primary amides is 1. The van der Waals surface area contributed by atoms with Crippen molar-refractivity contribution >= 4 is 103 Å². The number of amides is 7. The number of nitrogens with zero attached hydrogens (tertiary/aromatic N) is 4. The van der Waals surface area contributed by atoms with E-state index in [9.17, 15) is 53.4 Å². The topological polar surface area (TPSA) is 376 Å². The first-order chi connectivity index (χ1) is 50.8. The number of phenolic OH excluding ortho intramolecular Hbond substituents is 1. The Balaban J connectivity index is 0.955. The maximum absolute atomic E-state index is 15.3. The van der Waals surface area contributed by atoms with Crippen molar-refractivity contribution in [1.29, 1.82) is 0 Å². The molecule has 4 aromatic carbocycles. The van der Waals surface area contributed by atoms with Crippen LogP contribution < -0.4 is 52.7 Å². The Morgan fingerprint density at radius 2 is 1.56 bits per heavy atom. The summed E-state index contributed by atoms with van der Waals surface area (Å²) in [6.07, 6.45) is 9.63. The first-order valence-corrected chi connectivity index (χ1v) is 36.6. The number of hydrogen-bond donors (Lipinski definition) is 7. The van der Waals surface area contributed by atoms with E-state index in [2.05, 4.69) is 31.1 Å². The van der Waals surface area contributed by atoms with Crippen LogP contribution in [0.2, 0.25) is 0 Å². The number of fused-ring (bicyclic) bond motifs is 10. The highest BCUT2D eigenvalue weighted by atomic mass is 16.7. The monoisotopic (exact) mass is 1480 g/mol. The Morgan fingerprint density at radius 1 is 0.869 bits per heavy atom. The molecule has 574 valence electrons. The van der Waals surface area contributed by atoms with Crippen LogP contribution in [0.3, 0.4) is 0 Å². The van der Waals surface area contributed by atoms with Gasteiger partial charge in [0.25, 0.3) is 17.7 Å². The number of ether oxygens (including phenoxy) is 6. The zero-order valence-electron chi connectivity index (χ0n) is 62.9. The van der Waals surface area contributed by atoms with E-state index in [-0.39, 0.29) is 123 Å². The van der Waals surface area contributed by atoms with Crippen LogP contribution in [-0.4, -0.2) is 162 Å². The van der Waals surface area contributed by atoms with Gasteiger partial charge in [0.1, 0.15) is 28.8 Å². The number of imide groups is 1. The molecule has 2 fully saturated rings. The molecule has 1 unspecified atom stereocenters. The summed E-state index contributed by atoms with van der Waals surface area (Å²) in [4.78, 5) is 145. The Kier molecular flexibility index (Phi) is 25.1. The minimum Gasteiger partial charge on any atom is -0.507 e. The van der Waals surface area contributed by atoms with Gasteiger partial charge in [0.05, 0.1) is 41.2 Å². The van der Waals surface area contributed by atoms with Gasteiger partial charge in [-0.05, 0) is 90.6 Å². The molecule has 0 aliphatic carbocycles. The van der Waals surface area contributed by atoms with Crippen molar-refractivity contribution in [3.05, 3.63) is 121 Å². The molecule has 28 heteroatoms. The number of rotatable bonds is 22. The van der Waals surface area contributed by atoms with Gasteiger partial charge in [0.15, 0.2) is 34.5 Å². The molecule has 0 radical (unpaired) electrons. The molecule has 11 rings (SSSR count). The van der Waals surface area contributed by atoms with Gasteiger partial charge in [-0.3, -0.25) is 48.1 Å². The number of esters is 1. The third-order valence-corrected chi connectivity index (χ3v) is 21.3. The summed E-state index contributed by atoms with van der Waals surface area (Å²) in [7, 11) is 5.53. The Morgan fingerprint density at radius 3 is 2.21 bits per heavy atom. The number of piperidine rings is 1. The lowest BCUT2D eigenvalue weighted by molar-refractivity contribution is -0.293. The molecular formula is C79H99N9O19. The first-order valence-electron chi connectivity index (χ1n) is 36.6. The minimum atomic E-state index is -2.05. The Hall–Kier alpha value is -10.0. The number of methoxy groups -OCH3 is 1. The lowest BCUT2D eigenvalue weighted by atomic mass is 9.77. The van der Waals surface area contributed by atoms with Crippen molar-refractivity contribution in [2.75, 3.05) is 62.9 Å². The number of allylic oxidation sites excluding steroid dienone is 2. The van der Waals surface area contributed by atoms with Crippen molar-refractivity contribution in [3.8, 4) is 11.5 Å². The number of carbonyl (C=O) groups is 8. The Bertz CT molecular complexity index is 4560. The highest BCUT2D eigenvalue weighted by Gasteiger charge is 2.48. The van der Waals surface area contributed by atoms with Crippen LogP contribution in [0.15, 0.2) is 98.7 Å². The second-order valence-corrected chi connectivity index (χ2v) is 29.4. The smallest absolute Gasteiger partial charge is 0.312 e. The van der Waals surface area contributed by atoms with Gasteiger partial charge in [-0.2, -0.15) is 0 Å². The first kappa shape index (κ1) is 79.5. The van der Waals surface area contributed by atoms with Crippen LogP contribution in [0.25, 0.3) is 38.7 Å². The predicted octanol–water partition coefficient (Wildman–Crippen LogP) is 8.44. The molecule has 6 aliphatic rings. The highest BCUT2D eigenvalue weighted by molar-refractivity contribution is 6.17. The molecule has 5 aromatic rings. The van der Waals surface area contributed by atoms with E-state index in [0.717, 1.165) is 17.7 Å². The van der Waals surface area contributed by atoms with Gasteiger partial charge in [-0.25, -0.2) is 9.78 Å². The van der Waals surface area contributed by atoms with Crippen LogP contribution in [0, 0.1) is 42.4 Å². The van der Waals surface area contributed by atoms with Crippen LogP contribution in [0.1, 0.15) is 138 Å². The van der Waals surface area contributed by atoms with E-state index in [4.69, 9.17) is 43.6 Å². The summed E-state index contributed by atoms with van der Waals surface area (Å²) in [5, 5.41) is 35.2. The summed E-state index contributed by atoms with van der Waals surface area (Å²) in [5.74, 6) is -9.90. The summed E-state index contributed by atoms with van der Waals surface area (Å²) in [5.41, 5.74) is 4.62. The number of nitrogens with one attached hydrogen (secondary N) is 4. The molecular weight excluding hydrogens is 1380 g/mol. The number of benzene rings is 4. The lowest BCUT2D eigenvalue weighted by Gasteiger charge is -2.47. The number of aromatic nitrogens is 1.